The molecule has 0 aliphatic heterocycles. The predicted molar refractivity (Wildman–Crippen MR) is 62.8 cm³/mol. The number of hydrogen-bond donors (Lipinski definition) is 3. The van der Waals surface area contributed by atoms with Gasteiger partial charge in [-0.3, -0.25) is 4.79 Å². The third-order valence-electron chi connectivity index (χ3n) is 2.61. The molecule has 4 nitrogen and oxygen atoms in total. The molecule has 1 unspecified atom stereocenters. The summed E-state index contributed by atoms with van der Waals surface area (Å²) in [5, 5.41) is 3.13. The lowest BCUT2D eigenvalue weighted by Crippen LogP contribution is -2.25. The number of carbonyl (C=O) groups excluding carboxylic acids is 1. The van der Waals surface area contributed by atoms with E-state index in [1.54, 1.807) is 0 Å². The van der Waals surface area contributed by atoms with Crippen LogP contribution in [0.25, 0.3) is 0 Å². The highest BCUT2D eigenvalue weighted by molar-refractivity contribution is 5.76. The molecule has 88 valence electrons. The van der Waals surface area contributed by atoms with Gasteiger partial charge in [-0.1, -0.05) is 13.8 Å². The minimum atomic E-state index is -0.233. The molecular weight excluding hydrogens is 190 g/mol. The van der Waals surface area contributed by atoms with Gasteiger partial charge in [0.2, 0.25) is 5.91 Å². The minimum absolute atomic E-state index is 0.0516. The van der Waals surface area contributed by atoms with Crippen LogP contribution >= 0.6 is 0 Å². The van der Waals surface area contributed by atoms with Gasteiger partial charge in [0, 0.05) is 12.5 Å². The van der Waals surface area contributed by atoms with Gasteiger partial charge in [-0.2, -0.15) is 0 Å². The van der Waals surface area contributed by atoms with Crippen molar-refractivity contribution in [3.05, 3.63) is 11.4 Å². The molecule has 0 bridgehead atoms. The molecule has 0 aliphatic carbocycles. The summed E-state index contributed by atoms with van der Waals surface area (Å²) in [6, 6.07) is 0. The van der Waals surface area contributed by atoms with Gasteiger partial charge in [0.05, 0.1) is 5.82 Å². The fourth-order valence-corrected chi connectivity index (χ4v) is 1.11. The molecule has 1 amide bonds. The van der Waals surface area contributed by atoms with Crippen molar-refractivity contribution in [2.75, 3.05) is 6.54 Å². The SMILES string of the molecule is CC/C(C)=C(\N)NCCCC(C)C(N)=O. The van der Waals surface area contributed by atoms with Crippen LogP contribution in [0.4, 0.5) is 0 Å². The summed E-state index contributed by atoms with van der Waals surface area (Å²) in [6.45, 7) is 6.72. The van der Waals surface area contributed by atoms with Crippen LogP contribution < -0.4 is 16.8 Å². The Labute approximate surface area is 92.1 Å². The van der Waals surface area contributed by atoms with Crippen molar-refractivity contribution >= 4 is 5.91 Å². The Kier molecular flexibility index (Phi) is 6.58. The van der Waals surface area contributed by atoms with Crippen LogP contribution in [0.2, 0.25) is 0 Å². The van der Waals surface area contributed by atoms with Crippen molar-refractivity contribution < 1.29 is 4.79 Å². The van der Waals surface area contributed by atoms with Gasteiger partial charge in [0.1, 0.15) is 0 Å². The van der Waals surface area contributed by atoms with Gasteiger partial charge in [0.15, 0.2) is 0 Å². The Hall–Kier alpha value is -1.19. The van der Waals surface area contributed by atoms with Gasteiger partial charge in [-0.15, -0.1) is 0 Å². The number of hydrogen-bond acceptors (Lipinski definition) is 3. The summed E-state index contributed by atoms with van der Waals surface area (Å²) in [4.78, 5) is 10.7. The van der Waals surface area contributed by atoms with Gasteiger partial charge >= 0.3 is 0 Å². The van der Waals surface area contributed by atoms with Crippen LogP contribution in [0.15, 0.2) is 11.4 Å². The molecule has 0 radical (unpaired) electrons. The maximum Gasteiger partial charge on any atom is 0.220 e. The van der Waals surface area contributed by atoms with E-state index in [2.05, 4.69) is 12.2 Å². The summed E-state index contributed by atoms with van der Waals surface area (Å²) in [5.74, 6) is 0.469. The molecule has 0 aromatic carbocycles. The van der Waals surface area contributed by atoms with Crippen molar-refractivity contribution in [1.82, 2.24) is 5.32 Å². The van der Waals surface area contributed by atoms with Crippen molar-refractivity contribution in [2.24, 2.45) is 17.4 Å². The number of carbonyl (C=O) groups is 1. The first-order chi connectivity index (χ1) is 6.99. The van der Waals surface area contributed by atoms with Gasteiger partial charge < -0.3 is 16.8 Å². The highest BCUT2D eigenvalue weighted by Crippen LogP contribution is 2.04. The second kappa shape index (κ2) is 7.15. The zero-order valence-electron chi connectivity index (χ0n) is 9.97. The first-order valence-electron chi connectivity index (χ1n) is 5.47. The van der Waals surface area contributed by atoms with E-state index in [9.17, 15) is 4.79 Å². The largest absolute Gasteiger partial charge is 0.386 e. The Morgan fingerprint density at radius 2 is 2.00 bits per heavy atom. The van der Waals surface area contributed by atoms with E-state index in [0.29, 0.717) is 0 Å². The van der Waals surface area contributed by atoms with E-state index < -0.39 is 0 Å². The Balaban J connectivity index is 3.68. The fraction of sp³-hybridized carbons (Fsp3) is 0.727. The number of allylic oxidation sites excluding steroid dienone is 1. The molecule has 0 aromatic rings. The van der Waals surface area contributed by atoms with Crippen LogP contribution in [0.5, 0.6) is 0 Å². The normalized spacial score (nSPS) is 14.3. The standard InChI is InChI=1S/C11H23N3O/c1-4-8(2)10(12)14-7-5-6-9(3)11(13)15/h9,14H,4-7,12H2,1-3H3,(H2,13,15)/b10-8+. The van der Waals surface area contributed by atoms with Crippen LogP contribution in [0.1, 0.15) is 40.0 Å². The van der Waals surface area contributed by atoms with Crippen molar-refractivity contribution in [3.8, 4) is 0 Å². The van der Waals surface area contributed by atoms with E-state index in [4.69, 9.17) is 11.5 Å². The molecular formula is C11H23N3O. The lowest BCUT2D eigenvalue weighted by atomic mass is 10.1. The first kappa shape index (κ1) is 13.8. The van der Waals surface area contributed by atoms with Crippen molar-refractivity contribution in [2.45, 2.75) is 40.0 Å². The average Bonchev–Trinajstić information content (AvgIpc) is 2.22. The van der Waals surface area contributed by atoms with E-state index in [0.717, 1.165) is 37.2 Å². The van der Waals surface area contributed by atoms with Crippen LogP contribution in [-0.2, 0) is 4.79 Å². The maximum atomic E-state index is 10.7. The van der Waals surface area contributed by atoms with E-state index >= 15 is 0 Å². The molecule has 0 saturated heterocycles. The van der Waals surface area contributed by atoms with Crippen molar-refractivity contribution in [3.63, 3.8) is 0 Å². The topological polar surface area (TPSA) is 81.1 Å². The molecule has 4 heteroatoms. The van der Waals surface area contributed by atoms with Gasteiger partial charge in [-0.05, 0) is 31.8 Å². The number of rotatable bonds is 7. The third kappa shape index (κ3) is 5.99. The lowest BCUT2D eigenvalue weighted by Gasteiger charge is -2.10. The summed E-state index contributed by atoms with van der Waals surface area (Å²) >= 11 is 0. The molecule has 0 aromatic heterocycles. The second-order valence-electron chi connectivity index (χ2n) is 3.92. The Morgan fingerprint density at radius 1 is 1.40 bits per heavy atom. The number of nitrogens with one attached hydrogen (secondary N) is 1. The Bertz CT molecular complexity index is 236. The molecule has 0 fully saturated rings. The molecule has 0 spiro atoms. The molecule has 15 heavy (non-hydrogen) atoms. The fourth-order valence-electron chi connectivity index (χ4n) is 1.11. The van der Waals surface area contributed by atoms with Gasteiger partial charge in [0.25, 0.3) is 0 Å². The third-order valence-corrected chi connectivity index (χ3v) is 2.61. The zero-order valence-corrected chi connectivity index (χ0v) is 9.97. The number of primary amides is 1. The molecule has 1 atom stereocenters. The smallest absolute Gasteiger partial charge is 0.220 e. The van der Waals surface area contributed by atoms with Crippen LogP contribution in [0, 0.1) is 5.92 Å². The molecule has 0 rings (SSSR count). The second-order valence-corrected chi connectivity index (χ2v) is 3.92. The molecule has 0 aliphatic rings. The highest BCUT2D eigenvalue weighted by Gasteiger charge is 2.07. The molecule has 5 N–H and O–H groups in total. The monoisotopic (exact) mass is 213 g/mol. The van der Waals surface area contributed by atoms with Gasteiger partial charge in [-0.25, -0.2) is 0 Å². The van der Waals surface area contributed by atoms with E-state index in [-0.39, 0.29) is 11.8 Å². The summed E-state index contributed by atoms with van der Waals surface area (Å²) in [5.41, 5.74) is 12.1. The van der Waals surface area contributed by atoms with Crippen LogP contribution in [-0.4, -0.2) is 12.5 Å². The van der Waals surface area contributed by atoms with E-state index in [1.165, 1.54) is 0 Å². The van der Waals surface area contributed by atoms with Crippen molar-refractivity contribution in [1.29, 1.82) is 0 Å². The quantitative estimate of drug-likeness (QED) is 0.553. The maximum absolute atomic E-state index is 10.7. The number of nitrogens with two attached hydrogens (primary N) is 2. The lowest BCUT2D eigenvalue weighted by molar-refractivity contribution is -0.121. The average molecular weight is 213 g/mol. The van der Waals surface area contributed by atoms with Crippen LogP contribution in [0.3, 0.4) is 0 Å². The first-order valence-corrected chi connectivity index (χ1v) is 5.47. The minimum Gasteiger partial charge on any atom is -0.386 e. The Morgan fingerprint density at radius 3 is 2.47 bits per heavy atom. The summed E-state index contributed by atoms with van der Waals surface area (Å²) in [7, 11) is 0. The number of amides is 1. The van der Waals surface area contributed by atoms with E-state index in [1.807, 2.05) is 13.8 Å². The molecule has 0 saturated carbocycles. The predicted octanol–water partition coefficient (Wildman–Crippen LogP) is 1.08. The molecule has 0 heterocycles. The summed E-state index contributed by atoms with van der Waals surface area (Å²) < 4.78 is 0. The zero-order chi connectivity index (χ0) is 11.8. The summed E-state index contributed by atoms with van der Waals surface area (Å²) in [6.07, 6.45) is 2.67. The highest BCUT2D eigenvalue weighted by atomic mass is 16.1.